The Morgan fingerprint density at radius 1 is 1.08 bits per heavy atom. The normalized spacial score (nSPS) is 17.5. The Balaban J connectivity index is 1.78. The molecule has 2 aromatic rings. The summed E-state index contributed by atoms with van der Waals surface area (Å²) >= 11 is 0. The molecule has 1 aromatic heterocycles. The van der Waals surface area contributed by atoms with Gasteiger partial charge in [0.25, 0.3) is 0 Å². The number of hydrogen-bond acceptors (Lipinski definition) is 6. The van der Waals surface area contributed by atoms with E-state index in [9.17, 15) is 18.3 Å². The van der Waals surface area contributed by atoms with Crippen molar-refractivity contribution in [1.82, 2.24) is 9.97 Å². The van der Waals surface area contributed by atoms with Crippen LogP contribution in [0.2, 0.25) is 0 Å². The molecule has 0 saturated carbocycles. The molecular weight excluding hydrogens is 335 g/mol. The lowest BCUT2D eigenvalue weighted by molar-refractivity contribution is -0.137. The molecule has 0 atom stereocenters. The lowest BCUT2D eigenvalue weighted by Crippen LogP contribution is -2.43. The van der Waals surface area contributed by atoms with Crippen molar-refractivity contribution >= 4 is 17.6 Å². The van der Waals surface area contributed by atoms with Gasteiger partial charge in [0.15, 0.2) is 0 Å². The van der Waals surface area contributed by atoms with Gasteiger partial charge in [0.05, 0.1) is 11.2 Å². The van der Waals surface area contributed by atoms with E-state index in [1.54, 1.807) is 6.07 Å². The molecule has 9 heteroatoms. The number of nitrogen functional groups attached to an aromatic ring is 2. The minimum atomic E-state index is -4.44. The second-order valence-electron chi connectivity index (χ2n) is 6.11. The smallest absolute Gasteiger partial charge is 0.385 e. The summed E-state index contributed by atoms with van der Waals surface area (Å²) in [6.45, 7) is 0.811. The maximum atomic E-state index is 12.9. The summed E-state index contributed by atoms with van der Waals surface area (Å²) in [6, 6.07) is 6.41. The van der Waals surface area contributed by atoms with Crippen molar-refractivity contribution in [3.63, 3.8) is 0 Å². The first kappa shape index (κ1) is 17.3. The van der Waals surface area contributed by atoms with Gasteiger partial charge in [-0.3, -0.25) is 0 Å². The fourth-order valence-corrected chi connectivity index (χ4v) is 3.01. The van der Waals surface area contributed by atoms with Crippen molar-refractivity contribution in [2.75, 3.05) is 29.5 Å². The SMILES string of the molecule is Nc1cc(N2CCC(O)(c3cccc(C(F)(F)F)c3)CC2)nc(N)n1. The van der Waals surface area contributed by atoms with E-state index in [0.717, 1.165) is 12.1 Å². The van der Waals surface area contributed by atoms with Crippen LogP contribution in [-0.4, -0.2) is 28.2 Å². The summed E-state index contributed by atoms with van der Waals surface area (Å²) in [5.41, 5.74) is 9.42. The van der Waals surface area contributed by atoms with Gasteiger partial charge in [-0.15, -0.1) is 0 Å². The van der Waals surface area contributed by atoms with Gasteiger partial charge < -0.3 is 21.5 Å². The number of hydrogen-bond donors (Lipinski definition) is 3. The Hall–Kier alpha value is -2.55. The fourth-order valence-electron chi connectivity index (χ4n) is 3.01. The van der Waals surface area contributed by atoms with Gasteiger partial charge in [0.1, 0.15) is 11.6 Å². The molecule has 1 aromatic carbocycles. The minimum Gasteiger partial charge on any atom is -0.385 e. The van der Waals surface area contributed by atoms with Crippen LogP contribution < -0.4 is 16.4 Å². The van der Waals surface area contributed by atoms with Gasteiger partial charge >= 0.3 is 6.18 Å². The highest BCUT2D eigenvalue weighted by atomic mass is 19.4. The second-order valence-corrected chi connectivity index (χ2v) is 6.11. The van der Waals surface area contributed by atoms with E-state index in [4.69, 9.17) is 11.5 Å². The number of nitrogens with zero attached hydrogens (tertiary/aromatic N) is 3. The summed E-state index contributed by atoms with van der Waals surface area (Å²) in [4.78, 5) is 9.78. The number of aliphatic hydroxyl groups is 1. The van der Waals surface area contributed by atoms with Crippen LogP contribution in [0.1, 0.15) is 24.0 Å². The first-order valence-corrected chi connectivity index (χ1v) is 7.72. The number of anilines is 3. The quantitative estimate of drug-likeness (QED) is 0.765. The maximum absolute atomic E-state index is 12.9. The van der Waals surface area contributed by atoms with Crippen molar-refractivity contribution in [2.45, 2.75) is 24.6 Å². The molecule has 5 N–H and O–H groups in total. The van der Waals surface area contributed by atoms with Gasteiger partial charge in [-0.05, 0) is 30.5 Å². The Morgan fingerprint density at radius 2 is 1.76 bits per heavy atom. The summed E-state index contributed by atoms with van der Waals surface area (Å²) in [6.07, 6.45) is -3.92. The van der Waals surface area contributed by atoms with Gasteiger partial charge in [0, 0.05) is 19.2 Å². The molecule has 0 bridgehead atoms. The first-order chi connectivity index (χ1) is 11.7. The molecule has 6 nitrogen and oxygen atoms in total. The highest BCUT2D eigenvalue weighted by Crippen LogP contribution is 2.37. The largest absolute Gasteiger partial charge is 0.416 e. The molecule has 2 heterocycles. The van der Waals surface area contributed by atoms with E-state index in [0.29, 0.717) is 18.9 Å². The third-order valence-electron chi connectivity index (χ3n) is 4.39. The Kier molecular flexibility index (Phi) is 4.19. The number of rotatable bonds is 2. The van der Waals surface area contributed by atoms with E-state index in [1.165, 1.54) is 12.1 Å². The number of aromatic nitrogens is 2. The number of alkyl halides is 3. The Bertz CT molecular complexity index is 752. The predicted octanol–water partition coefficient (Wildman–Crippen LogP) is 2.15. The van der Waals surface area contributed by atoms with Crippen LogP contribution in [0.25, 0.3) is 0 Å². The highest BCUT2D eigenvalue weighted by Gasteiger charge is 2.37. The number of piperidine rings is 1. The zero-order valence-corrected chi connectivity index (χ0v) is 13.3. The molecule has 25 heavy (non-hydrogen) atoms. The molecule has 3 rings (SSSR count). The number of benzene rings is 1. The predicted molar refractivity (Wildman–Crippen MR) is 87.6 cm³/mol. The summed E-state index contributed by atoms with van der Waals surface area (Å²) < 4.78 is 38.7. The third kappa shape index (κ3) is 3.60. The van der Waals surface area contributed by atoms with Crippen molar-refractivity contribution in [3.05, 3.63) is 41.5 Å². The third-order valence-corrected chi connectivity index (χ3v) is 4.39. The molecule has 0 unspecified atom stereocenters. The van der Waals surface area contributed by atoms with Crippen molar-refractivity contribution < 1.29 is 18.3 Å². The highest BCUT2D eigenvalue weighted by molar-refractivity contribution is 5.51. The van der Waals surface area contributed by atoms with Crippen molar-refractivity contribution in [1.29, 1.82) is 0 Å². The van der Waals surface area contributed by atoms with Crippen LogP contribution in [0.15, 0.2) is 30.3 Å². The van der Waals surface area contributed by atoms with E-state index < -0.39 is 17.3 Å². The summed E-state index contributed by atoms with van der Waals surface area (Å²) in [7, 11) is 0. The van der Waals surface area contributed by atoms with Crippen LogP contribution in [-0.2, 0) is 11.8 Å². The van der Waals surface area contributed by atoms with Gasteiger partial charge in [0.2, 0.25) is 5.95 Å². The average Bonchev–Trinajstić information content (AvgIpc) is 2.54. The van der Waals surface area contributed by atoms with Crippen LogP contribution in [0.5, 0.6) is 0 Å². The Morgan fingerprint density at radius 3 is 2.36 bits per heavy atom. The molecule has 0 amide bonds. The molecule has 134 valence electrons. The summed E-state index contributed by atoms with van der Waals surface area (Å²) in [5.74, 6) is 0.825. The number of nitrogens with two attached hydrogens (primary N) is 2. The standard InChI is InChI=1S/C16H18F3N5O/c17-16(18,19)11-3-1-2-10(8-11)15(25)4-6-24(7-5-15)13-9-12(20)22-14(21)23-13/h1-3,8-9,25H,4-7H2,(H4,20,21,22,23). The van der Waals surface area contributed by atoms with Crippen molar-refractivity contribution in [3.8, 4) is 0 Å². The van der Waals surface area contributed by atoms with Crippen LogP contribution in [0.4, 0.5) is 30.8 Å². The minimum absolute atomic E-state index is 0.0497. The van der Waals surface area contributed by atoms with E-state index >= 15 is 0 Å². The zero-order valence-electron chi connectivity index (χ0n) is 13.3. The van der Waals surface area contributed by atoms with Crippen LogP contribution >= 0.6 is 0 Å². The molecule has 0 aliphatic carbocycles. The first-order valence-electron chi connectivity index (χ1n) is 7.72. The van der Waals surface area contributed by atoms with E-state index in [-0.39, 0.29) is 30.2 Å². The molecule has 0 radical (unpaired) electrons. The monoisotopic (exact) mass is 353 g/mol. The fraction of sp³-hybridized carbons (Fsp3) is 0.375. The average molecular weight is 353 g/mol. The van der Waals surface area contributed by atoms with Gasteiger partial charge in [-0.1, -0.05) is 12.1 Å². The van der Waals surface area contributed by atoms with Crippen LogP contribution in [0, 0.1) is 0 Å². The topological polar surface area (TPSA) is 101 Å². The van der Waals surface area contributed by atoms with Crippen molar-refractivity contribution in [2.24, 2.45) is 0 Å². The Labute approximate surface area is 142 Å². The molecule has 1 fully saturated rings. The molecule has 1 aliphatic heterocycles. The van der Waals surface area contributed by atoms with Gasteiger partial charge in [-0.25, -0.2) is 0 Å². The molecular formula is C16H18F3N5O. The molecule has 0 spiro atoms. The van der Waals surface area contributed by atoms with Crippen LogP contribution in [0.3, 0.4) is 0 Å². The molecule has 1 aliphatic rings. The lowest BCUT2D eigenvalue weighted by Gasteiger charge is -2.39. The van der Waals surface area contributed by atoms with Gasteiger partial charge in [-0.2, -0.15) is 23.1 Å². The molecule has 1 saturated heterocycles. The lowest BCUT2D eigenvalue weighted by atomic mass is 9.83. The number of halogens is 3. The zero-order chi connectivity index (χ0) is 18.2. The second kappa shape index (κ2) is 6.07. The van der Waals surface area contributed by atoms with E-state index in [2.05, 4.69) is 9.97 Å². The summed E-state index contributed by atoms with van der Waals surface area (Å²) in [5, 5.41) is 10.8. The maximum Gasteiger partial charge on any atom is 0.416 e. The van der Waals surface area contributed by atoms with E-state index in [1.807, 2.05) is 4.90 Å².